The van der Waals surface area contributed by atoms with Gasteiger partial charge in [0.15, 0.2) is 0 Å². The number of nitrogens with zero attached hydrogens (tertiary/aromatic N) is 1. The van der Waals surface area contributed by atoms with Gasteiger partial charge in [-0.05, 0) is 62.3 Å². The van der Waals surface area contributed by atoms with Crippen molar-refractivity contribution in [3.05, 3.63) is 29.3 Å². The molecule has 0 aromatic heterocycles. The molecule has 0 atom stereocenters. The Hall–Kier alpha value is -1.40. The molecule has 0 saturated carbocycles. The number of aryl methyl sites for hydroxylation is 2. The topological polar surface area (TPSA) is 63.7 Å². The minimum Gasteiger partial charge on any atom is -0.466 e. The Morgan fingerprint density at radius 3 is 2.61 bits per heavy atom. The summed E-state index contributed by atoms with van der Waals surface area (Å²) in [6.07, 6.45) is 4.17. The highest BCUT2D eigenvalue weighted by atomic mass is 32.2. The van der Waals surface area contributed by atoms with Crippen molar-refractivity contribution in [2.24, 2.45) is 5.92 Å². The molecule has 1 aromatic rings. The number of ether oxygens (including phenoxy) is 1. The van der Waals surface area contributed by atoms with E-state index in [4.69, 9.17) is 4.74 Å². The molecule has 0 bridgehead atoms. The Morgan fingerprint density at radius 2 is 1.91 bits per heavy atom. The van der Waals surface area contributed by atoms with Crippen LogP contribution in [0.3, 0.4) is 0 Å². The van der Waals surface area contributed by atoms with Gasteiger partial charge in [-0.3, -0.25) is 4.79 Å². The van der Waals surface area contributed by atoms with Crippen LogP contribution in [-0.2, 0) is 32.4 Å². The normalized spacial score (nSPS) is 19.5. The molecular weight excluding hydrogens is 314 g/mol. The number of hydrogen-bond acceptors (Lipinski definition) is 4. The monoisotopic (exact) mass is 337 g/mol. The van der Waals surface area contributed by atoms with Crippen LogP contribution in [0, 0.1) is 5.92 Å². The van der Waals surface area contributed by atoms with E-state index in [1.165, 1.54) is 9.87 Å². The summed E-state index contributed by atoms with van der Waals surface area (Å²) >= 11 is 0. The van der Waals surface area contributed by atoms with Crippen molar-refractivity contribution in [1.29, 1.82) is 0 Å². The molecule has 5 nitrogen and oxygen atoms in total. The Morgan fingerprint density at radius 1 is 1.22 bits per heavy atom. The fraction of sp³-hybridized carbons (Fsp3) is 0.588. The summed E-state index contributed by atoms with van der Waals surface area (Å²) in [5.74, 6) is -0.386. The molecule has 1 saturated heterocycles. The highest BCUT2D eigenvalue weighted by Crippen LogP contribution is 2.28. The number of carbonyl (C=O) groups excluding carboxylic acids is 1. The van der Waals surface area contributed by atoms with E-state index >= 15 is 0 Å². The zero-order valence-electron chi connectivity index (χ0n) is 13.5. The SMILES string of the molecule is CCOC(=O)C1CCN(S(=O)(=O)c2ccc3c(c2)CCC3)CC1. The molecule has 1 aliphatic heterocycles. The molecule has 6 heteroatoms. The van der Waals surface area contributed by atoms with Gasteiger partial charge in [-0.15, -0.1) is 0 Å². The van der Waals surface area contributed by atoms with E-state index in [0.29, 0.717) is 37.4 Å². The first kappa shape index (κ1) is 16.5. The van der Waals surface area contributed by atoms with Crippen molar-refractivity contribution in [2.45, 2.75) is 43.9 Å². The number of fused-ring (bicyclic) bond motifs is 1. The van der Waals surface area contributed by atoms with Gasteiger partial charge in [0, 0.05) is 13.1 Å². The van der Waals surface area contributed by atoms with Crippen LogP contribution in [-0.4, -0.2) is 38.4 Å². The van der Waals surface area contributed by atoms with E-state index in [1.807, 2.05) is 12.1 Å². The van der Waals surface area contributed by atoms with Gasteiger partial charge >= 0.3 is 5.97 Å². The summed E-state index contributed by atoms with van der Waals surface area (Å²) in [7, 11) is -3.46. The minimum atomic E-state index is -3.46. The first-order valence-electron chi connectivity index (χ1n) is 8.31. The number of carbonyl (C=O) groups is 1. The molecule has 0 amide bonds. The van der Waals surface area contributed by atoms with E-state index < -0.39 is 10.0 Å². The molecule has 126 valence electrons. The summed E-state index contributed by atoms with van der Waals surface area (Å²) in [5, 5.41) is 0. The maximum atomic E-state index is 12.8. The zero-order valence-corrected chi connectivity index (χ0v) is 14.3. The maximum Gasteiger partial charge on any atom is 0.309 e. The lowest BCUT2D eigenvalue weighted by Gasteiger charge is -2.30. The van der Waals surface area contributed by atoms with Gasteiger partial charge in [-0.1, -0.05) is 6.07 Å². The summed E-state index contributed by atoms with van der Waals surface area (Å²) in [6.45, 7) is 2.91. The first-order chi connectivity index (χ1) is 11.0. The van der Waals surface area contributed by atoms with Crippen molar-refractivity contribution >= 4 is 16.0 Å². The second kappa shape index (κ2) is 6.61. The molecule has 0 spiro atoms. The molecular formula is C17H23NO4S. The third-order valence-corrected chi connectivity index (χ3v) is 6.68. The van der Waals surface area contributed by atoms with Crippen molar-refractivity contribution in [2.75, 3.05) is 19.7 Å². The quantitative estimate of drug-likeness (QED) is 0.790. The van der Waals surface area contributed by atoms with E-state index in [2.05, 4.69) is 0 Å². The Labute approximate surface area is 137 Å². The lowest BCUT2D eigenvalue weighted by Crippen LogP contribution is -2.40. The average Bonchev–Trinajstić information content (AvgIpc) is 3.03. The first-order valence-corrected chi connectivity index (χ1v) is 9.75. The number of hydrogen-bond donors (Lipinski definition) is 0. The summed E-state index contributed by atoms with van der Waals surface area (Å²) in [5.41, 5.74) is 2.43. The van der Waals surface area contributed by atoms with Crippen LogP contribution < -0.4 is 0 Å². The molecule has 1 aliphatic carbocycles. The fourth-order valence-electron chi connectivity index (χ4n) is 3.45. The van der Waals surface area contributed by atoms with Crippen LogP contribution in [0.1, 0.15) is 37.3 Å². The van der Waals surface area contributed by atoms with E-state index in [9.17, 15) is 13.2 Å². The van der Waals surface area contributed by atoms with Gasteiger partial charge in [0.1, 0.15) is 0 Å². The maximum absolute atomic E-state index is 12.8. The van der Waals surface area contributed by atoms with Crippen LogP contribution in [0.2, 0.25) is 0 Å². The second-order valence-electron chi connectivity index (χ2n) is 6.21. The van der Waals surface area contributed by atoms with Gasteiger partial charge in [0.05, 0.1) is 17.4 Å². The Bertz CT molecular complexity index is 691. The third kappa shape index (κ3) is 3.28. The van der Waals surface area contributed by atoms with Crippen molar-refractivity contribution in [3.63, 3.8) is 0 Å². The van der Waals surface area contributed by atoms with Gasteiger partial charge in [-0.25, -0.2) is 8.42 Å². The molecule has 0 unspecified atom stereocenters. The number of rotatable bonds is 4. The van der Waals surface area contributed by atoms with Crippen LogP contribution in [0.5, 0.6) is 0 Å². The fourth-order valence-corrected chi connectivity index (χ4v) is 4.97. The van der Waals surface area contributed by atoms with E-state index in [-0.39, 0.29) is 11.9 Å². The van der Waals surface area contributed by atoms with Crippen molar-refractivity contribution in [3.8, 4) is 0 Å². The third-order valence-electron chi connectivity index (χ3n) is 4.78. The van der Waals surface area contributed by atoms with Crippen LogP contribution in [0.15, 0.2) is 23.1 Å². The van der Waals surface area contributed by atoms with Crippen molar-refractivity contribution in [1.82, 2.24) is 4.31 Å². The zero-order chi connectivity index (χ0) is 16.4. The van der Waals surface area contributed by atoms with Crippen LogP contribution in [0.4, 0.5) is 0 Å². The highest BCUT2D eigenvalue weighted by Gasteiger charge is 2.33. The predicted molar refractivity (Wildman–Crippen MR) is 86.6 cm³/mol. The minimum absolute atomic E-state index is 0.179. The number of benzene rings is 1. The Kier molecular flexibility index (Phi) is 4.73. The standard InChI is InChI=1S/C17H23NO4S/c1-2-22-17(19)14-8-10-18(11-9-14)23(20,21)16-7-6-13-4-3-5-15(13)12-16/h6-7,12,14H,2-5,8-11H2,1H3. The van der Waals surface area contributed by atoms with E-state index in [1.54, 1.807) is 13.0 Å². The number of esters is 1. The lowest BCUT2D eigenvalue weighted by atomic mass is 9.98. The predicted octanol–water partition coefficient (Wildman–Crippen LogP) is 2.14. The van der Waals surface area contributed by atoms with Crippen molar-refractivity contribution < 1.29 is 17.9 Å². The lowest BCUT2D eigenvalue weighted by molar-refractivity contribution is -0.149. The summed E-state index contributed by atoms with van der Waals surface area (Å²) < 4.78 is 32.1. The van der Waals surface area contributed by atoms with Crippen LogP contribution in [0.25, 0.3) is 0 Å². The summed E-state index contributed by atoms with van der Waals surface area (Å²) in [6, 6.07) is 5.49. The second-order valence-corrected chi connectivity index (χ2v) is 8.15. The van der Waals surface area contributed by atoms with Gasteiger partial charge in [-0.2, -0.15) is 4.31 Å². The van der Waals surface area contributed by atoms with E-state index in [0.717, 1.165) is 24.8 Å². The molecule has 0 N–H and O–H groups in total. The largest absolute Gasteiger partial charge is 0.466 e. The molecule has 1 heterocycles. The van der Waals surface area contributed by atoms with Gasteiger partial charge in [0.25, 0.3) is 0 Å². The highest BCUT2D eigenvalue weighted by molar-refractivity contribution is 7.89. The number of sulfonamides is 1. The van der Waals surface area contributed by atoms with Gasteiger partial charge < -0.3 is 4.74 Å². The smallest absolute Gasteiger partial charge is 0.309 e. The molecule has 1 aromatic carbocycles. The average molecular weight is 337 g/mol. The van der Waals surface area contributed by atoms with Gasteiger partial charge in [0.2, 0.25) is 10.0 Å². The molecule has 23 heavy (non-hydrogen) atoms. The number of piperidine rings is 1. The summed E-state index contributed by atoms with van der Waals surface area (Å²) in [4.78, 5) is 12.1. The van der Waals surface area contributed by atoms with Crippen LogP contribution >= 0.6 is 0 Å². The Balaban J connectivity index is 1.71. The molecule has 2 aliphatic rings. The molecule has 1 fully saturated rings. The molecule has 0 radical (unpaired) electrons. The molecule has 3 rings (SSSR count).